The summed E-state index contributed by atoms with van der Waals surface area (Å²) >= 11 is 1.67. The highest BCUT2D eigenvalue weighted by Crippen LogP contribution is 2.21. The molecule has 1 atom stereocenters. The molecule has 0 fully saturated rings. The van der Waals surface area contributed by atoms with Gasteiger partial charge in [-0.3, -0.25) is 11.3 Å². The van der Waals surface area contributed by atoms with Crippen LogP contribution in [0.2, 0.25) is 0 Å². The Hall–Kier alpha value is -1.43. The quantitative estimate of drug-likeness (QED) is 0.446. The monoisotopic (exact) mass is 305 g/mol. The van der Waals surface area contributed by atoms with E-state index in [4.69, 9.17) is 10.6 Å². The lowest BCUT2D eigenvalue weighted by molar-refractivity contribution is 0.309. The molecule has 1 aromatic heterocycles. The second-order valence-corrected chi connectivity index (χ2v) is 6.11. The second kappa shape index (κ2) is 8.12. The third-order valence-electron chi connectivity index (χ3n) is 3.33. The van der Waals surface area contributed by atoms with Gasteiger partial charge >= 0.3 is 0 Å². The zero-order valence-electron chi connectivity index (χ0n) is 12.6. The average molecular weight is 305 g/mol. The first-order valence-electron chi connectivity index (χ1n) is 7.32. The maximum Gasteiger partial charge on any atom is 0.119 e. The Morgan fingerprint density at radius 1 is 1.33 bits per heavy atom. The number of rotatable bonds is 8. The Bertz CT molecular complexity index is 539. The molecule has 0 radical (unpaired) electrons. The van der Waals surface area contributed by atoms with Crippen LogP contribution in [0.25, 0.3) is 0 Å². The number of nitrogens with zero attached hydrogens (tertiary/aromatic N) is 1. The number of benzene rings is 1. The van der Waals surface area contributed by atoms with Gasteiger partial charge in [-0.15, -0.1) is 11.3 Å². The number of nitrogens with one attached hydrogen (secondary N) is 1. The summed E-state index contributed by atoms with van der Waals surface area (Å²) < 4.78 is 5.67. The van der Waals surface area contributed by atoms with Gasteiger partial charge in [-0.05, 0) is 31.0 Å². The highest BCUT2D eigenvalue weighted by atomic mass is 32.1. The third kappa shape index (κ3) is 4.81. The summed E-state index contributed by atoms with van der Waals surface area (Å²) in [7, 11) is 0. The van der Waals surface area contributed by atoms with Gasteiger partial charge in [0.05, 0.1) is 23.4 Å². The van der Waals surface area contributed by atoms with Gasteiger partial charge in [0.25, 0.3) is 0 Å². The minimum absolute atomic E-state index is 0.0659. The van der Waals surface area contributed by atoms with Gasteiger partial charge in [0.15, 0.2) is 0 Å². The van der Waals surface area contributed by atoms with Gasteiger partial charge < -0.3 is 4.74 Å². The number of unbranched alkanes of at least 4 members (excludes halogenated alkanes) is 1. The molecule has 0 aliphatic rings. The van der Waals surface area contributed by atoms with E-state index in [0.717, 1.165) is 47.9 Å². The number of thiazole rings is 1. The standard InChI is InChI=1S/C16H23N3OS/c1-3-4-9-20-15-7-5-13(6-8-15)16(19-17)10-14-11-21-12(2)18-14/h5-8,11,16,19H,3-4,9-10,17H2,1-2H3. The predicted molar refractivity (Wildman–Crippen MR) is 87.5 cm³/mol. The minimum Gasteiger partial charge on any atom is -0.494 e. The van der Waals surface area contributed by atoms with Crippen molar-refractivity contribution in [1.29, 1.82) is 0 Å². The lowest BCUT2D eigenvalue weighted by Gasteiger charge is -2.16. The van der Waals surface area contributed by atoms with E-state index in [0.29, 0.717) is 0 Å². The molecule has 0 aliphatic heterocycles. The summed E-state index contributed by atoms with van der Waals surface area (Å²) in [4.78, 5) is 4.49. The lowest BCUT2D eigenvalue weighted by atomic mass is 10.0. The third-order valence-corrected chi connectivity index (χ3v) is 4.15. The molecule has 21 heavy (non-hydrogen) atoms. The molecular weight excluding hydrogens is 282 g/mol. The summed E-state index contributed by atoms with van der Waals surface area (Å²) in [5.41, 5.74) is 5.09. The fourth-order valence-corrected chi connectivity index (χ4v) is 2.74. The van der Waals surface area contributed by atoms with Crippen molar-refractivity contribution in [3.63, 3.8) is 0 Å². The highest BCUT2D eigenvalue weighted by molar-refractivity contribution is 7.09. The van der Waals surface area contributed by atoms with E-state index >= 15 is 0 Å². The number of aryl methyl sites for hydroxylation is 1. The van der Waals surface area contributed by atoms with Gasteiger partial charge in [-0.1, -0.05) is 25.5 Å². The fourth-order valence-electron chi connectivity index (χ4n) is 2.11. The first-order valence-corrected chi connectivity index (χ1v) is 8.20. The zero-order valence-corrected chi connectivity index (χ0v) is 13.5. The number of hydrazine groups is 1. The number of hydrogen-bond acceptors (Lipinski definition) is 5. The van der Waals surface area contributed by atoms with Crippen LogP contribution in [0.3, 0.4) is 0 Å². The Labute approximate surface area is 130 Å². The summed E-state index contributed by atoms with van der Waals surface area (Å²) in [6.45, 7) is 4.94. The van der Waals surface area contributed by atoms with Gasteiger partial charge in [0.2, 0.25) is 0 Å². The second-order valence-electron chi connectivity index (χ2n) is 5.05. The lowest BCUT2D eigenvalue weighted by Crippen LogP contribution is -2.29. The fraction of sp³-hybridized carbons (Fsp3) is 0.438. The molecule has 0 saturated heterocycles. The molecule has 0 saturated carbocycles. The van der Waals surface area contributed by atoms with Crippen LogP contribution < -0.4 is 16.0 Å². The van der Waals surface area contributed by atoms with Crippen LogP contribution in [0.4, 0.5) is 0 Å². The number of ether oxygens (including phenoxy) is 1. The topological polar surface area (TPSA) is 60.2 Å². The molecular formula is C16H23N3OS. The van der Waals surface area contributed by atoms with Crippen LogP contribution in [-0.2, 0) is 6.42 Å². The van der Waals surface area contributed by atoms with Crippen LogP contribution in [-0.4, -0.2) is 11.6 Å². The molecule has 0 aliphatic carbocycles. The van der Waals surface area contributed by atoms with Crippen LogP contribution in [0, 0.1) is 6.92 Å². The summed E-state index contributed by atoms with van der Waals surface area (Å²) in [6.07, 6.45) is 3.01. The molecule has 0 amide bonds. The van der Waals surface area contributed by atoms with Crippen molar-refractivity contribution < 1.29 is 4.74 Å². The molecule has 4 nitrogen and oxygen atoms in total. The van der Waals surface area contributed by atoms with E-state index < -0.39 is 0 Å². The Morgan fingerprint density at radius 3 is 2.67 bits per heavy atom. The van der Waals surface area contributed by atoms with Crippen molar-refractivity contribution in [3.05, 3.63) is 45.9 Å². The number of nitrogens with two attached hydrogens (primary N) is 1. The van der Waals surface area contributed by atoms with E-state index in [2.05, 4.69) is 34.8 Å². The van der Waals surface area contributed by atoms with Crippen LogP contribution in [0.5, 0.6) is 5.75 Å². The van der Waals surface area contributed by atoms with Crippen molar-refractivity contribution in [3.8, 4) is 5.75 Å². The van der Waals surface area contributed by atoms with Crippen molar-refractivity contribution >= 4 is 11.3 Å². The zero-order chi connectivity index (χ0) is 15.1. The highest BCUT2D eigenvalue weighted by Gasteiger charge is 2.12. The van der Waals surface area contributed by atoms with E-state index in [-0.39, 0.29) is 6.04 Å². The maximum atomic E-state index is 5.69. The van der Waals surface area contributed by atoms with Crippen molar-refractivity contribution in [2.45, 2.75) is 39.2 Å². The molecule has 1 heterocycles. The van der Waals surface area contributed by atoms with E-state index in [1.807, 2.05) is 19.1 Å². The summed E-state index contributed by atoms with van der Waals surface area (Å²) in [5.74, 6) is 6.60. The van der Waals surface area contributed by atoms with Gasteiger partial charge in [-0.25, -0.2) is 4.98 Å². The normalized spacial score (nSPS) is 12.3. The van der Waals surface area contributed by atoms with Crippen LogP contribution in [0.15, 0.2) is 29.6 Å². The van der Waals surface area contributed by atoms with Crippen molar-refractivity contribution in [2.75, 3.05) is 6.61 Å². The summed E-state index contributed by atoms with van der Waals surface area (Å²) in [6, 6.07) is 8.19. The molecule has 1 aromatic carbocycles. The minimum atomic E-state index is 0.0659. The SMILES string of the molecule is CCCCOc1ccc(C(Cc2csc(C)n2)NN)cc1. The molecule has 5 heteroatoms. The van der Waals surface area contributed by atoms with E-state index in [9.17, 15) is 0 Å². The first kappa shape index (κ1) is 15.9. The first-order chi connectivity index (χ1) is 10.2. The van der Waals surface area contributed by atoms with E-state index in [1.54, 1.807) is 11.3 Å². The smallest absolute Gasteiger partial charge is 0.119 e. The molecule has 2 aromatic rings. The molecule has 1 unspecified atom stereocenters. The van der Waals surface area contributed by atoms with Crippen molar-refractivity contribution in [1.82, 2.24) is 10.4 Å². The number of hydrogen-bond donors (Lipinski definition) is 2. The molecule has 114 valence electrons. The van der Waals surface area contributed by atoms with Gasteiger partial charge in [0.1, 0.15) is 5.75 Å². The Kier molecular flexibility index (Phi) is 6.17. The predicted octanol–water partition coefficient (Wildman–Crippen LogP) is 3.38. The molecule has 0 bridgehead atoms. The van der Waals surface area contributed by atoms with Crippen LogP contribution >= 0.6 is 11.3 Å². The average Bonchev–Trinajstić information content (AvgIpc) is 2.91. The van der Waals surface area contributed by atoms with E-state index in [1.165, 1.54) is 0 Å². The largest absolute Gasteiger partial charge is 0.494 e. The number of aromatic nitrogens is 1. The van der Waals surface area contributed by atoms with Crippen LogP contribution in [0.1, 0.15) is 42.1 Å². The van der Waals surface area contributed by atoms with Gasteiger partial charge in [0, 0.05) is 11.8 Å². The van der Waals surface area contributed by atoms with Gasteiger partial charge in [-0.2, -0.15) is 0 Å². The molecule has 3 N–H and O–H groups in total. The maximum absolute atomic E-state index is 5.69. The molecule has 0 spiro atoms. The Morgan fingerprint density at radius 2 is 2.10 bits per heavy atom. The Balaban J connectivity index is 1.98. The molecule has 2 rings (SSSR count). The summed E-state index contributed by atoms with van der Waals surface area (Å²) in [5, 5.41) is 3.17. The van der Waals surface area contributed by atoms with Crippen molar-refractivity contribution in [2.24, 2.45) is 5.84 Å².